The number of aromatic nitrogens is 2. The predicted molar refractivity (Wildman–Crippen MR) is 116 cm³/mol. The van der Waals surface area contributed by atoms with E-state index in [4.69, 9.17) is 0 Å². The third kappa shape index (κ3) is 4.25. The average Bonchev–Trinajstić information content (AvgIpc) is 3.07. The summed E-state index contributed by atoms with van der Waals surface area (Å²) in [6, 6.07) is 12.6. The maximum atomic E-state index is 13.5. The van der Waals surface area contributed by atoms with Gasteiger partial charge in [-0.3, -0.25) is 9.59 Å². The minimum absolute atomic E-state index is 0.294. The molecule has 0 aliphatic rings. The van der Waals surface area contributed by atoms with Gasteiger partial charge in [-0.2, -0.15) is 0 Å². The lowest BCUT2D eigenvalue weighted by Crippen LogP contribution is -2.26. The summed E-state index contributed by atoms with van der Waals surface area (Å²) in [7, 11) is 0. The first kappa shape index (κ1) is 20.9. The predicted octanol–water partition coefficient (Wildman–Crippen LogP) is 4.65. The molecule has 2 aromatic carbocycles. The van der Waals surface area contributed by atoms with Gasteiger partial charge >= 0.3 is 0 Å². The lowest BCUT2D eigenvalue weighted by atomic mass is 10.1. The molecule has 1 amide bonds. The Hall–Kier alpha value is -3.39. The van der Waals surface area contributed by atoms with Crippen molar-refractivity contribution < 1.29 is 13.6 Å². The molecule has 2 N–H and O–H groups in total. The van der Waals surface area contributed by atoms with E-state index in [1.807, 2.05) is 30.3 Å². The third-order valence-electron chi connectivity index (χ3n) is 5.06. The normalized spacial score (nSPS) is 12.1. The van der Waals surface area contributed by atoms with Crippen molar-refractivity contribution in [2.45, 2.75) is 26.3 Å². The van der Waals surface area contributed by atoms with Crippen LogP contribution in [0.1, 0.15) is 45.2 Å². The second kappa shape index (κ2) is 8.39. The highest BCUT2D eigenvalue weighted by Gasteiger charge is 2.21. The molecular formula is C23H19F2N3O2S. The molecule has 0 bridgehead atoms. The molecule has 0 fully saturated rings. The summed E-state index contributed by atoms with van der Waals surface area (Å²) in [5, 5.41) is 3.16. The van der Waals surface area contributed by atoms with E-state index < -0.39 is 23.6 Å². The van der Waals surface area contributed by atoms with Gasteiger partial charge in [0.25, 0.3) is 11.5 Å². The van der Waals surface area contributed by atoms with E-state index in [0.29, 0.717) is 38.5 Å². The number of amides is 1. The maximum absolute atomic E-state index is 13.5. The zero-order valence-electron chi connectivity index (χ0n) is 16.8. The van der Waals surface area contributed by atoms with Gasteiger partial charge in [0.2, 0.25) is 0 Å². The number of H-pyrrole nitrogens is 1. The van der Waals surface area contributed by atoms with E-state index >= 15 is 0 Å². The number of carbonyl (C=O) groups excluding carboxylic acids is 1. The van der Waals surface area contributed by atoms with Gasteiger partial charge in [0.1, 0.15) is 10.7 Å². The summed E-state index contributed by atoms with van der Waals surface area (Å²) >= 11 is 1.14. The maximum Gasteiger partial charge on any atom is 0.262 e. The van der Waals surface area contributed by atoms with Gasteiger partial charge in [-0.25, -0.2) is 13.8 Å². The number of hydrogen-bond donors (Lipinski definition) is 2. The highest BCUT2D eigenvalue weighted by molar-refractivity contribution is 7.20. The lowest BCUT2D eigenvalue weighted by Gasteiger charge is -2.14. The van der Waals surface area contributed by atoms with E-state index in [9.17, 15) is 18.4 Å². The van der Waals surface area contributed by atoms with E-state index in [-0.39, 0.29) is 5.56 Å². The second-order valence-electron chi connectivity index (χ2n) is 7.28. The zero-order chi connectivity index (χ0) is 22.1. The molecule has 5 nitrogen and oxygen atoms in total. The first-order valence-corrected chi connectivity index (χ1v) is 10.5. The third-order valence-corrected chi connectivity index (χ3v) is 6.25. The standard InChI is InChI=1S/C23H19F2N3O2S/c1-12-19-21(29)27-18(10-14-6-4-3-5-7-14)28-23(19)31-20(12)22(30)26-13(2)15-8-9-16(24)17(25)11-15/h3-9,11,13H,10H2,1-2H3,(H,26,30)(H,27,28,29). The molecule has 8 heteroatoms. The molecule has 0 aliphatic carbocycles. The van der Waals surface area contributed by atoms with E-state index in [0.717, 1.165) is 29.0 Å². The average molecular weight is 439 g/mol. The van der Waals surface area contributed by atoms with Crippen molar-refractivity contribution in [3.8, 4) is 0 Å². The fourth-order valence-electron chi connectivity index (χ4n) is 3.41. The number of aryl methyl sites for hydroxylation is 1. The number of benzene rings is 2. The number of nitrogens with zero attached hydrogens (tertiary/aromatic N) is 1. The van der Waals surface area contributed by atoms with Gasteiger partial charge < -0.3 is 10.3 Å². The van der Waals surface area contributed by atoms with Crippen LogP contribution in [0.25, 0.3) is 10.2 Å². The van der Waals surface area contributed by atoms with Crippen molar-refractivity contribution in [3.05, 3.63) is 97.9 Å². The molecule has 4 aromatic rings. The highest BCUT2D eigenvalue weighted by Crippen LogP contribution is 2.28. The Kier molecular flexibility index (Phi) is 5.65. The van der Waals surface area contributed by atoms with E-state index in [2.05, 4.69) is 15.3 Å². The lowest BCUT2D eigenvalue weighted by molar-refractivity contribution is 0.0943. The largest absolute Gasteiger partial charge is 0.345 e. The van der Waals surface area contributed by atoms with Crippen LogP contribution < -0.4 is 10.9 Å². The summed E-state index contributed by atoms with van der Waals surface area (Å²) in [5.74, 6) is -1.80. The van der Waals surface area contributed by atoms with Crippen LogP contribution in [0.4, 0.5) is 8.78 Å². The Morgan fingerprint density at radius 3 is 2.61 bits per heavy atom. The van der Waals surface area contributed by atoms with Gasteiger partial charge in [-0.1, -0.05) is 36.4 Å². The SMILES string of the molecule is Cc1c(C(=O)NC(C)c2ccc(F)c(F)c2)sc2nc(Cc3ccccc3)[nH]c(=O)c12. The Balaban J connectivity index is 1.62. The molecule has 1 unspecified atom stereocenters. The fourth-order valence-corrected chi connectivity index (χ4v) is 4.51. The molecule has 158 valence electrons. The van der Waals surface area contributed by atoms with Crippen molar-refractivity contribution in [1.82, 2.24) is 15.3 Å². The molecule has 2 heterocycles. The summed E-state index contributed by atoms with van der Waals surface area (Å²) in [6.45, 7) is 3.38. The number of aromatic amines is 1. The molecule has 2 aromatic heterocycles. The number of hydrogen-bond acceptors (Lipinski definition) is 4. The van der Waals surface area contributed by atoms with Crippen LogP contribution >= 0.6 is 11.3 Å². The van der Waals surface area contributed by atoms with Gasteiger partial charge in [0.05, 0.1) is 16.3 Å². The fraction of sp³-hybridized carbons (Fsp3) is 0.174. The van der Waals surface area contributed by atoms with Crippen molar-refractivity contribution >= 4 is 27.5 Å². The van der Waals surface area contributed by atoms with E-state index in [1.54, 1.807) is 13.8 Å². The van der Waals surface area contributed by atoms with Crippen molar-refractivity contribution in [2.75, 3.05) is 0 Å². The van der Waals surface area contributed by atoms with Gasteiger partial charge in [0.15, 0.2) is 11.6 Å². The topological polar surface area (TPSA) is 74.8 Å². The molecule has 0 aliphatic heterocycles. The quantitative estimate of drug-likeness (QED) is 0.475. The first-order valence-electron chi connectivity index (χ1n) is 9.65. The molecule has 1 atom stereocenters. The number of thiophene rings is 1. The Labute approximate surface area is 180 Å². The Morgan fingerprint density at radius 2 is 1.90 bits per heavy atom. The number of halogens is 2. The Bertz CT molecular complexity index is 1330. The summed E-state index contributed by atoms with van der Waals surface area (Å²) in [6.07, 6.45) is 0.470. The van der Waals surface area contributed by atoms with Gasteiger partial charge in [-0.15, -0.1) is 11.3 Å². The molecule has 0 saturated carbocycles. The van der Waals surface area contributed by atoms with Crippen LogP contribution in [0.15, 0.2) is 53.3 Å². The summed E-state index contributed by atoms with van der Waals surface area (Å²) < 4.78 is 26.7. The van der Waals surface area contributed by atoms with Gasteiger partial charge in [-0.05, 0) is 42.7 Å². The molecule has 0 radical (unpaired) electrons. The molecule has 0 spiro atoms. The smallest absolute Gasteiger partial charge is 0.262 e. The van der Waals surface area contributed by atoms with E-state index in [1.165, 1.54) is 6.07 Å². The van der Waals surface area contributed by atoms with Crippen LogP contribution in [0.5, 0.6) is 0 Å². The van der Waals surface area contributed by atoms with Crippen molar-refractivity contribution in [1.29, 1.82) is 0 Å². The second-order valence-corrected chi connectivity index (χ2v) is 8.28. The minimum Gasteiger partial charge on any atom is -0.345 e. The summed E-state index contributed by atoms with van der Waals surface area (Å²) in [4.78, 5) is 33.7. The zero-order valence-corrected chi connectivity index (χ0v) is 17.6. The molecular weight excluding hydrogens is 420 g/mol. The minimum atomic E-state index is -0.974. The molecule has 31 heavy (non-hydrogen) atoms. The Morgan fingerprint density at radius 1 is 1.16 bits per heavy atom. The molecule has 0 saturated heterocycles. The highest BCUT2D eigenvalue weighted by atomic mass is 32.1. The van der Waals surface area contributed by atoms with Crippen LogP contribution in [-0.2, 0) is 6.42 Å². The monoisotopic (exact) mass is 439 g/mol. The molecule has 4 rings (SSSR count). The first-order chi connectivity index (χ1) is 14.8. The van der Waals surface area contributed by atoms with Crippen LogP contribution in [0, 0.1) is 18.6 Å². The van der Waals surface area contributed by atoms with Gasteiger partial charge in [0, 0.05) is 6.42 Å². The van der Waals surface area contributed by atoms with Crippen molar-refractivity contribution in [3.63, 3.8) is 0 Å². The van der Waals surface area contributed by atoms with Crippen LogP contribution in [0.2, 0.25) is 0 Å². The van der Waals surface area contributed by atoms with Crippen molar-refractivity contribution in [2.24, 2.45) is 0 Å². The van der Waals surface area contributed by atoms with Crippen LogP contribution in [-0.4, -0.2) is 15.9 Å². The number of rotatable bonds is 5. The number of carbonyl (C=O) groups is 1. The number of nitrogens with one attached hydrogen (secondary N) is 2. The summed E-state index contributed by atoms with van der Waals surface area (Å²) in [5.41, 5.74) is 1.69. The van der Waals surface area contributed by atoms with Crippen LogP contribution in [0.3, 0.4) is 0 Å². The number of fused-ring (bicyclic) bond motifs is 1.